The van der Waals surface area contributed by atoms with Crippen molar-refractivity contribution in [1.82, 2.24) is 0 Å². The third kappa shape index (κ3) is 9.41. The molecule has 1 unspecified atom stereocenters. The van der Waals surface area contributed by atoms with Gasteiger partial charge in [0.15, 0.2) is 5.52 Å². The molecule has 0 spiro atoms. The summed E-state index contributed by atoms with van der Waals surface area (Å²) in [5.41, 5.74) is 5.63. The zero-order valence-electron chi connectivity index (χ0n) is 21.6. The fraction of sp³-hybridized carbons (Fsp3) is 0.552. The molecule has 1 atom stereocenters. The van der Waals surface area contributed by atoms with Gasteiger partial charge in [0.2, 0.25) is 0 Å². The summed E-state index contributed by atoms with van der Waals surface area (Å²) < 4.78 is 12.2. The summed E-state index contributed by atoms with van der Waals surface area (Å²) in [6, 6.07) is 8.11. The van der Waals surface area contributed by atoms with E-state index in [2.05, 4.69) is 40.7 Å². The van der Waals surface area contributed by atoms with Gasteiger partial charge in [0.1, 0.15) is 11.5 Å². The molecule has 0 fully saturated rings. The van der Waals surface area contributed by atoms with E-state index in [0.717, 1.165) is 52.9 Å². The molecule has 0 radical (unpaired) electrons. The molecule has 0 amide bonds. The van der Waals surface area contributed by atoms with Crippen molar-refractivity contribution in [1.29, 1.82) is 0 Å². The number of aryl methyl sites for hydroxylation is 2. The average Bonchev–Trinajstić information content (AvgIpc) is 2.78. The van der Waals surface area contributed by atoms with Crippen LogP contribution < -0.4 is 14.8 Å². The topological polar surface area (TPSA) is 35.5 Å². The van der Waals surface area contributed by atoms with Crippen molar-refractivity contribution in [2.24, 2.45) is 0 Å². The SMILES string of the molecule is CCCCCCOc1ccc(PC(=O)c2c(C)cc(C)c(C)c2C)c(OCCCCCC)c1.[LiH]. The van der Waals surface area contributed by atoms with Gasteiger partial charge >= 0.3 is 18.9 Å². The monoisotopic (exact) mass is 478 g/mol. The summed E-state index contributed by atoms with van der Waals surface area (Å²) in [4.78, 5) is 13.4. The van der Waals surface area contributed by atoms with E-state index >= 15 is 0 Å². The molecule has 0 heterocycles. The minimum atomic E-state index is 0. The summed E-state index contributed by atoms with van der Waals surface area (Å²) in [5, 5.41) is 0.964. The predicted molar refractivity (Wildman–Crippen MR) is 151 cm³/mol. The Bertz CT molecular complexity index is 911. The molecule has 2 aromatic carbocycles. The molecule has 0 N–H and O–H groups in total. The molecule has 184 valence electrons. The van der Waals surface area contributed by atoms with Gasteiger partial charge < -0.3 is 9.47 Å². The van der Waals surface area contributed by atoms with Gasteiger partial charge in [-0.25, -0.2) is 0 Å². The Labute approximate surface area is 221 Å². The number of rotatable bonds is 15. The summed E-state index contributed by atoms with van der Waals surface area (Å²) in [6.45, 7) is 14.1. The van der Waals surface area contributed by atoms with Crippen molar-refractivity contribution in [3.05, 3.63) is 52.1 Å². The number of unbranched alkanes of at least 4 members (excludes halogenated alkanes) is 6. The van der Waals surface area contributed by atoms with Crippen molar-refractivity contribution in [2.45, 2.75) is 92.9 Å². The van der Waals surface area contributed by atoms with Crippen LogP contribution in [0.3, 0.4) is 0 Å². The van der Waals surface area contributed by atoms with Crippen LogP contribution in [0.15, 0.2) is 24.3 Å². The van der Waals surface area contributed by atoms with Crippen molar-refractivity contribution in [3.8, 4) is 11.5 Å². The third-order valence-corrected chi connectivity index (χ3v) is 7.47. The molecule has 0 bridgehead atoms. The van der Waals surface area contributed by atoms with E-state index in [1.165, 1.54) is 49.7 Å². The Morgan fingerprint density at radius 2 is 1.38 bits per heavy atom. The molecule has 0 aliphatic rings. The van der Waals surface area contributed by atoms with Gasteiger partial charge in [0, 0.05) is 16.9 Å². The minimum absolute atomic E-state index is 0. The van der Waals surface area contributed by atoms with Gasteiger partial charge in [-0.1, -0.05) is 58.4 Å². The summed E-state index contributed by atoms with van der Waals surface area (Å²) in [7, 11) is 0.0318. The van der Waals surface area contributed by atoms with Crippen LogP contribution in [-0.2, 0) is 0 Å². The number of hydrogen-bond donors (Lipinski definition) is 0. The molecular formula is C29H44LiO3P. The number of carbonyl (C=O) groups excluding carboxylic acids is 1. The maximum atomic E-state index is 13.4. The first-order valence-electron chi connectivity index (χ1n) is 12.7. The molecule has 0 saturated heterocycles. The van der Waals surface area contributed by atoms with Gasteiger partial charge in [-0.2, -0.15) is 0 Å². The fourth-order valence-corrected chi connectivity index (χ4v) is 5.25. The van der Waals surface area contributed by atoms with E-state index in [4.69, 9.17) is 9.47 Å². The summed E-state index contributed by atoms with van der Waals surface area (Å²) >= 11 is 0. The molecule has 0 aromatic heterocycles. The Kier molecular flexibility index (Phi) is 14.9. The Balaban J connectivity index is 0.00000578. The molecule has 5 heteroatoms. The first kappa shape index (κ1) is 30.8. The first-order chi connectivity index (χ1) is 15.9. The maximum absolute atomic E-state index is 13.4. The Morgan fingerprint density at radius 1 is 0.765 bits per heavy atom. The van der Waals surface area contributed by atoms with Crippen LogP contribution in [0.1, 0.15) is 97.8 Å². The second-order valence-corrected chi connectivity index (χ2v) is 10.3. The van der Waals surface area contributed by atoms with Crippen LogP contribution in [0.2, 0.25) is 0 Å². The second kappa shape index (κ2) is 16.4. The first-order valence-corrected chi connectivity index (χ1v) is 13.7. The fourth-order valence-electron chi connectivity index (χ4n) is 4.06. The zero-order chi connectivity index (χ0) is 24.2. The van der Waals surface area contributed by atoms with Crippen LogP contribution in [0.5, 0.6) is 11.5 Å². The van der Waals surface area contributed by atoms with E-state index in [1.54, 1.807) is 0 Å². The Morgan fingerprint density at radius 3 is 2.00 bits per heavy atom. The van der Waals surface area contributed by atoms with E-state index in [1.807, 2.05) is 25.1 Å². The van der Waals surface area contributed by atoms with E-state index in [-0.39, 0.29) is 33.0 Å². The number of ether oxygens (including phenoxy) is 2. The molecule has 0 saturated carbocycles. The van der Waals surface area contributed by atoms with Gasteiger partial charge in [-0.05, 0) is 83.5 Å². The van der Waals surface area contributed by atoms with Gasteiger partial charge in [0.25, 0.3) is 0 Å². The van der Waals surface area contributed by atoms with Crippen LogP contribution in [0, 0.1) is 27.7 Å². The van der Waals surface area contributed by atoms with Crippen molar-refractivity contribution in [3.63, 3.8) is 0 Å². The van der Waals surface area contributed by atoms with Crippen LogP contribution in [0.25, 0.3) is 0 Å². The van der Waals surface area contributed by atoms with Crippen LogP contribution in [-0.4, -0.2) is 37.6 Å². The van der Waals surface area contributed by atoms with Crippen molar-refractivity contribution >= 4 is 38.3 Å². The standard InChI is InChI=1S/C29H43O3P.Li.H/c1-7-9-11-13-17-31-25-15-16-27(26(20-25)32-18-14-12-10-8-2)33-29(30)28-22(4)19-21(3)23(5)24(28)6;;/h15-16,19-20,33H,7-14,17-18H2,1-6H3;;. The number of carbonyl (C=O) groups is 1. The van der Waals surface area contributed by atoms with Gasteiger partial charge in [-0.3, -0.25) is 4.79 Å². The number of benzene rings is 2. The van der Waals surface area contributed by atoms with Crippen molar-refractivity contribution in [2.75, 3.05) is 13.2 Å². The second-order valence-electron chi connectivity index (χ2n) is 9.07. The molecular weight excluding hydrogens is 434 g/mol. The van der Waals surface area contributed by atoms with Crippen LogP contribution >= 0.6 is 8.58 Å². The quantitative estimate of drug-likeness (QED) is 0.153. The zero-order valence-corrected chi connectivity index (χ0v) is 22.6. The normalized spacial score (nSPS) is 11.0. The molecule has 34 heavy (non-hydrogen) atoms. The van der Waals surface area contributed by atoms with Crippen LogP contribution in [0.4, 0.5) is 0 Å². The predicted octanol–water partition coefficient (Wildman–Crippen LogP) is 7.33. The molecule has 2 aromatic rings. The van der Waals surface area contributed by atoms with E-state index in [0.29, 0.717) is 6.61 Å². The van der Waals surface area contributed by atoms with Gasteiger partial charge in [0.05, 0.1) is 13.2 Å². The molecule has 0 aliphatic heterocycles. The average molecular weight is 479 g/mol. The van der Waals surface area contributed by atoms with Gasteiger partial charge in [-0.15, -0.1) is 0 Å². The third-order valence-electron chi connectivity index (χ3n) is 6.31. The molecule has 2 rings (SSSR count). The number of hydrogen-bond acceptors (Lipinski definition) is 3. The van der Waals surface area contributed by atoms with E-state index in [9.17, 15) is 4.79 Å². The Hall–Kier alpha value is -1.26. The molecule has 0 aliphatic carbocycles. The molecule has 3 nitrogen and oxygen atoms in total. The van der Waals surface area contributed by atoms with E-state index < -0.39 is 0 Å². The summed E-state index contributed by atoms with van der Waals surface area (Å²) in [6.07, 6.45) is 9.35. The summed E-state index contributed by atoms with van der Waals surface area (Å²) in [5.74, 6) is 1.62. The van der Waals surface area contributed by atoms with Crippen molar-refractivity contribution < 1.29 is 14.3 Å².